The Hall–Kier alpha value is -0.890. The van der Waals surface area contributed by atoms with Gasteiger partial charge in [0.05, 0.1) is 11.0 Å². The highest BCUT2D eigenvalue weighted by Crippen LogP contribution is 2.45. The summed E-state index contributed by atoms with van der Waals surface area (Å²) in [5.41, 5.74) is 0.688. The second-order valence-electron chi connectivity index (χ2n) is 5.40. The number of benzene rings is 1. The lowest BCUT2D eigenvalue weighted by atomic mass is 9.64. The largest absolute Gasteiger partial charge is 0.381 e. The molecule has 5 nitrogen and oxygen atoms in total. The van der Waals surface area contributed by atoms with Gasteiger partial charge in [0.25, 0.3) is 5.69 Å². The molecule has 0 aromatic heterocycles. The van der Waals surface area contributed by atoms with Gasteiger partial charge in [-0.3, -0.25) is 10.1 Å². The average molecular weight is 376 g/mol. The zero-order valence-electron chi connectivity index (χ0n) is 11.1. The molecule has 1 fully saturated rings. The Morgan fingerprint density at radius 2 is 2.21 bits per heavy atom. The molecule has 2 unspecified atom stereocenters. The maximum atomic E-state index is 11.1. The topological polar surface area (TPSA) is 64.4 Å². The van der Waals surface area contributed by atoms with Crippen LogP contribution in [0.25, 0.3) is 0 Å². The van der Waals surface area contributed by atoms with E-state index in [0.717, 1.165) is 9.99 Å². The molecule has 0 bridgehead atoms. The fraction of sp³-hybridized carbons (Fsp3) is 0.538. The number of hydrogen-bond donors (Lipinski definition) is 1. The molecule has 2 rings (SSSR count). The molecule has 1 aromatic rings. The van der Waals surface area contributed by atoms with Gasteiger partial charge in [-0.15, -0.1) is 0 Å². The molecule has 0 amide bonds. The molecule has 2 atom stereocenters. The Morgan fingerprint density at radius 1 is 1.53 bits per heavy atom. The van der Waals surface area contributed by atoms with Crippen LogP contribution in [-0.4, -0.2) is 24.2 Å². The van der Waals surface area contributed by atoms with Gasteiger partial charge < -0.3 is 10.1 Å². The minimum Gasteiger partial charge on any atom is -0.381 e. The van der Waals surface area contributed by atoms with Crippen molar-refractivity contribution >= 4 is 34.0 Å². The van der Waals surface area contributed by atoms with Crippen molar-refractivity contribution in [3.8, 4) is 0 Å². The van der Waals surface area contributed by atoms with Gasteiger partial charge in [0.15, 0.2) is 0 Å². The van der Waals surface area contributed by atoms with Crippen LogP contribution in [0, 0.1) is 19.1 Å². The smallest absolute Gasteiger partial charge is 0.293 e. The Morgan fingerprint density at radius 3 is 2.74 bits per heavy atom. The van der Waals surface area contributed by atoms with Crippen molar-refractivity contribution in [3.05, 3.63) is 31.9 Å². The highest BCUT2D eigenvalue weighted by atomic mass is 127. The quantitative estimate of drug-likeness (QED) is 0.497. The summed E-state index contributed by atoms with van der Waals surface area (Å²) in [6.07, 6.45) is 1.07. The predicted octanol–water partition coefficient (Wildman–Crippen LogP) is 3.42. The zero-order chi connectivity index (χ0) is 14.2. The van der Waals surface area contributed by atoms with Crippen molar-refractivity contribution in [2.24, 2.45) is 5.41 Å². The van der Waals surface area contributed by atoms with Crippen molar-refractivity contribution in [2.75, 3.05) is 12.4 Å². The first-order chi connectivity index (χ1) is 8.86. The summed E-state index contributed by atoms with van der Waals surface area (Å²) in [6, 6.07) is 5.42. The molecule has 19 heavy (non-hydrogen) atoms. The summed E-state index contributed by atoms with van der Waals surface area (Å²) in [5, 5.41) is 14.4. The number of nitrogens with one attached hydrogen (secondary N) is 1. The van der Waals surface area contributed by atoms with Crippen LogP contribution in [-0.2, 0) is 4.74 Å². The van der Waals surface area contributed by atoms with E-state index < -0.39 is 0 Å². The maximum Gasteiger partial charge on any atom is 0.293 e. The molecule has 104 valence electrons. The molecule has 1 aliphatic carbocycles. The molecule has 0 heterocycles. The summed E-state index contributed by atoms with van der Waals surface area (Å²) < 4.78 is 6.25. The fourth-order valence-corrected chi connectivity index (χ4v) is 2.97. The summed E-state index contributed by atoms with van der Waals surface area (Å²) in [6.45, 7) is 4.22. The van der Waals surface area contributed by atoms with E-state index in [1.54, 1.807) is 19.2 Å². The predicted molar refractivity (Wildman–Crippen MR) is 82.4 cm³/mol. The number of nitrogens with zero attached hydrogens (tertiary/aromatic N) is 1. The molecule has 0 radical (unpaired) electrons. The molecule has 0 saturated heterocycles. The number of nitro groups is 1. The Kier molecular flexibility index (Phi) is 4.00. The third-order valence-corrected chi connectivity index (χ3v) is 4.62. The number of halogens is 1. The van der Waals surface area contributed by atoms with Crippen LogP contribution in [0.2, 0.25) is 0 Å². The van der Waals surface area contributed by atoms with Crippen LogP contribution in [0.5, 0.6) is 0 Å². The summed E-state index contributed by atoms with van der Waals surface area (Å²) in [5.74, 6) is 0. The van der Waals surface area contributed by atoms with Gasteiger partial charge in [-0.25, -0.2) is 0 Å². The second kappa shape index (κ2) is 5.24. The van der Waals surface area contributed by atoms with Crippen LogP contribution in [0.15, 0.2) is 18.2 Å². The van der Waals surface area contributed by atoms with E-state index in [9.17, 15) is 10.1 Å². The summed E-state index contributed by atoms with van der Waals surface area (Å²) >= 11 is 2.08. The minimum atomic E-state index is -0.343. The molecule has 1 saturated carbocycles. The van der Waals surface area contributed by atoms with Gasteiger partial charge in [-0.1, -0.05) is 13.8 Å². The first kappa shape index (κ1) is 14.5. The van der Waals surface area contributed by atoms with Crippen molar-refractivity contribution in [1.29, 1.82) is 0 Å². The first-order valence-electron chi connectivity index (χ1n) is 6.09. The Labute approximate surface area is 126 Å². The van der Waals surface area contributed by atoms with Gasteiger partial charge in [0.1, 0.15) is 5.69 Å². The monoisotopic (exact) mass is 376 g/mol. The minimum absolute atomic E-state index is 0.0222. The molecular formula is C13H17IN2O3. The van der Waals surface area contributed by atoms with E-state index in [1.165, 1.54) is 0 Å². The van der Waals surface area contributed by atoms with Gasteiger partial charge in [0.2, 0.25) is 0 Å². The van der Waals surface area contributed by atoms with E-state index in [4.69, 9.17) is 4.74 Å². The first-order valence-corrected chi connectivity index (χ1v) is 7.17. The molecular weight excluding hydrogens is 359 g/mol. The van der Waals surface area contributed by atoms with Crippen molar-refractivity contribution < 1.29 is 9.66 Å². The lowest BCUT2D eigenvalue weighted by molar-refractivity contribution is -0.384. The number of hydrogen-bond acceptors (Lipinski definition) is 4. The molecule has 0 aliphatic heterocycles. The zero-order valence-corrected chi connectivity index (χ0v) is 13.3. The highest BCUT2D eigenvalue weighted by Gasteiger charge is 2.48. The fourth-order valence-electron chi connectivity index (χ4n) is 2.50. The third kappa shape index (κ3) is 2.69. The third-order valence-electron chi connectivity index (χ3n) is 3.95. The number of anilines is 1. The standard InChI is InChI=1S/C13H17IN2O3/c1-13(2)11(7-12(13)19-3)15-9-5-4-8(14)6-10(9)16(17)18/h4-6,11-12,15H,7H2,1-3H3. The number of nitro benzene ring substituents is 1. The lowest BCUT2D eigenvalue weighted by Gasteiger charge is -2.51. The number of methoxy groups -OCH3 is 1. The van der Waals surface area contributed by atoms with Crippen LogP contribution >= 0.6 is 22.6 Å². The van der Waals surface area contributed by atoms with E-state index in [1.807, 2.05) is 6.07 Å². The van der Waals surface area contributed by atoms with Gasteiger partial charge in [-0.05, 0) is 41.1 Å². The molecule has 1 N–H and O–H groups in total. The van der Waals surface area contributed by atoms with E-state index in [2.05, 4.69) is 41.8 Å². The summed E-state index contributed by atoms with van der Waals surface area (Å²) in [4.78, 5) is 10.7. The molecule has 1 aliphatic rings. The molecule has 1 aromatic carbocycles. The van der Waals surface area contributed by atoms with Crippen molar-refractivity contribution in [1.82, 2.24) is 0 Å². The second-order valence-corrected chi connectivity index (χ2v) is 6.64. The number of ether oxygens (including phenoxy) is 1. The van der Waals surface area contributed by atoms with Crippen LogP contribution < -0.4 is 5.32 Å². The number of rotatable bonds is 4. The van der Waals surface area contributed by atoms with E-state index in [0.29, 0.717) is 5.69 Å². The maximum absolute atomic E-state index is 11.1. The van der Waals surface area contributed by atoms with Crippen LogP contribution in [0.4, 0.5) is 11.4 Å². The van der Waals surface area contributed by atoms with E-state index >= 15 is 0 Å². The molecule has 6 heteroatoms. The Balaban J connectivity index is 2.19. The summed E-state index contributed by atoms with van der Waals surface area (Å²) in [7, 11) is 1.70. The van der Waals surface area contributed by atoms with Crippen molar-refractivity contribution in [2.45, 2.75) is 32.4 Å². The van der Waals surface area contributed by atoms with E-state index in [-0.39, 0.29) is 28.2 Å². The average Bonchev–Trinajstić information content (AvgIpc) is 2.35. The van der Waals surface area contributed by atoms with Gasteiger partial charge >= 0.3 is 0 Å². The SMILES string of the molecule is COC1CC(Nc2ccc(I)cc2[N+](=O)[O-])C1(C)C. The Bertz CT molecular complexity index is 505. The normalized spacial score (nSPS) is 24.6. The molecule has 0 spiro atoms. The lowest BCUT2D eigenvalue weighted by Crippen LogP contribution is -2.57. The van der Waals surface area contributed by atoms with Crippen molar-refractivity contribution in [3.63, 3.8) is 0 Å². The van der Waals surface area contributed by atoms with Crippen LogP contribution in [0.1, 0.15) is 20.3 Å². The van der Waals surface area contributed by atoms with Gasteiger partial charge in [-0.2, -0.15) is 0 Å². The van der Waals surface area contributed by atoms with Crippen LogP contribution in [0.3, 0.4) is 0 Å². The highest BCUT2D eigenvalue weighted by molar-refractivity contribution is 14.1. The van der Waals surface area contributed by atoms with Gasteiger partial charge in [0, 0.05) is 28.2 Å².